The van der Waals surface area contributed by atoms with Crippen molar-refractivity contribution in [3.05, 3.63) is 28.8 Å². The van der Waals surface area contributed by atoms with Gasteiger partial charge in [-0.15, -0.1) is 0 Å². The Balaban J connectivity index is 3.44. The van der Waals surface area contributed by atoms with E-state index in [9.17, 15) is 14.7 Å². The van der Waals surface area contributed by atoms with E-state index in [0.29, 0.717) is 5.56 Å². The highest BCUT2D eigenvalue weighted by molar-refractivity contribution is 6.04. The van der Waals surface area contributed by atoms with Gasteiger partial charge >= 0.3 is 11.9 Å². The third kappa shape index (κ3) is 2.13. The Hall–Kier alpha value is -2.04. The number of ether oxygens (including phenoxy) is 2. The smallest absolute Gasteiger partial charge is 0.339 e. The van der Waals surface area contributed by atoms with E-state index in [2.05, 4.69) is 9.47 Å². The van der Waals surface area contributed by atoms with Gasteiger partial charge in [-0.2, -0.15) is 0 Å². The first-order chi connectivity index (χ1) is 7.51. The number of phenols is 1. The van der Waals surface area contributed by atoms with Gasteiger partial charge in [0.15, 0.2) is 0 Å². The van der Waals surface area contributed by atoms with Crippen LogP contribution in [0.1, 0.15) is 26.3 Å². The Morgan fingerprint density at radius 1 is 1.12 bits per heavy atom. The molecule has 86 valence electrons. The van der Waals surface area contributed by atoms with Crippen LogP contribution in [0.5, 0.6) is 5.75 Å². The molecule has 0 spiro atoms. The first-order valence-corrected chi connectivity index (χ1v) is 4.51. The lowest BCUT2D eigenvalue weighted by Crippen LogP contribution is -2.13. The number of esters is 2. The molecule has 0 bridgehead atoms. The van der Waals surface area contributed by atoms with E-state index < -0.39 is 11.9 Å². The van der Waals surface area contributed by atoms with E-state index in [0.717, 1.165) is 0 Å². The van der Waals surface area contributed by atoms with Gasteiger partial charge in [-0.3, -0.25) is 0 Å². The molecule has 1 aromatic carbocycles. The van der Waals surface area contributed by atoms with Crippen LogP contribution in [0.2, 0.25) is 0 Å². The van der Waals surface area contributed by atoms with E-state index in [-0.39, 0.29) is 16.9 Å². The quantitative estimate of drug-likeness (QED) is 0.766. The van der Waals surface area contributed by atoms with Gasteiger partial charge in [0, 0.05) is 0 Å². The van der Waals surface area contributed by atoms with Gasteiger partial charge in [0.25, 0.3) is 0 Å². The Bertz CT molecular complexity index is 436. The minimum atomic E-state index is -0.695. The fourth-order valence-corrected chi connectivity index (χ4v) is 1.41. The second-order valence-corrected chi connectivity index (χ2v) is 3.17. The molecule has 1 aromatic rings. The molecule has 0 heterocycles. The largest absolute Gasteiger partial charge is 0.508 e. The number of benzene rings is 1. The van der Waals surface area contributed by atoms with E-state index in [1.54, 1.807) is 6.92 Å². The number of hydrogen-bond acceptors (Lipinski definition) is 5. The van der Waals surface area contributed by atoms with E-state index >= 15 is 0 Å². The predicted molar refractivity (Wildman–Crippen MR) is 55.5 cm³/mol. The third-order valence-electron chi connectivity index (χ3n) is 2.12. The molecule has 1 rings (SSSR count). The summed E-state index contributed by atoms with van der Waals surface area (Å²) in [5.41, 5.74) is 0.547. The minimum absolute atomic E-state index is 0.00755. The van der Waals surface area contributed by atoms with Crippen molar-refractivity contribution in [3.8, 4) is 5.75 Å². The zero-order chi connectivity index (χ0) is 12.3. The summed E-state index contributed by atoms with van der Waals surface area (Å²) in [5.74, 6) is -1.44. The van der Waals surface area contributed by atoms with Crippen LogP contribution >= 0.6 is 0 Å². The van der Waals surface area contributed by atoms with Crippen LogP contribution in [0.15, 0.2) is 12.1 Å². The lowest BCUT2D eigenvalue weighted by molar-refractivity contribution is 0.0554. The van der Waals surface area contributed by atoms with Gasteiger partial charge in [-0.25, -0.2) is 9.59 Å². The molecule has 0 saturated carbocycles. The van der Waals surface area contributed by atoms with Gasteiger partial charge < -0.3 is 14.6 Å². The number of hydrogen-bond donors (Lipinski definition) is 1. The molecule has 0 fully saturated rings. The highest BCUT2D eigenvalue weighted by Crippen LogP contribution is 2.22. The normalized spacial score (nSPS) is 9.69. The van der Waals surface area contributed by atoms with E-state index in [1.165, 1.54) is 26.4 Å². The molecule has 0 aliphatic heterocycles. The maximum Gasteiger partial charge on any atom is 0.339 e. The molecule has 0 saturated heterocycles. The molecule has 0 amide bonds. The summed E-state index contributed by atoms with van der Waals surface area (Å²) in [4.78, 5) is 22.9. The molecule has 1 N–H and O–H groups in total. The number of carbonyl (C=O) groups is 2. The fraction of sp³-hybridized carbons (Fsp3) is 0.273. The zero-order valence-electron chi connectivity index (χ0n) is 9.23. The number of aromatic hydroxyl groups is 1. The van der Waals surface area contributed by atoms with Crippen LogP contribution in [-0.4, -0.2) is 31.3 Å². The number of aryl methyl sites for hydroxylation is 1. The Morgan fingerprint density at radius 3 is 2.19 bits per heavy atom. The molecular formula is C11H12O5. The van der Waals surface area contributed by atoms with Crippen molar-refractivity contribution in [1.29, 1.82) is 0 Å². The van der Waals surface area contributed by atoms with Crippen LogP contribution in [0.4, 0.5) is 0 Å². The minimum Gasteiger partial charge on any atom is -0.508 e. The van der Waals surface area contributed by atoms with Crippen molar-refractivity contribution in [2.45, 2.75) is 6.92 Å². The van der Waals surface area contributed by atoms with Gasteiger partial charge in [0.1, 0.15) is 5.75 Å². The molecule has 16 heavy (non-hydrogen) atoms. The van der Waals surface area contributed by atoms with Crippen molar-refractivity contribution in [2.75, 3.05) is 14.2 Å². The van der Waals surface area contributed by atoms with Crippen LogP contribution in [0.3, 0.4) is 0 Å². The Kier molecular flexibility index (Phi) is 3.50. The van der Waals surface area contributed by atoms with Crippen LogP contribution < -0.4 is 0 Å². The molecule has 0 unspecified atom stereocenters. The van der Waals surface area contributed by atoms with Gasteiger partial charge in [0.2, 0.25) is 0 Å². The average Bonchev–Trinajstić information content (AvgIpc) is 2.26. The highest BCUT2D eigenvalue weighted by atomic mass is 16.5. The zero-order valence-corrected chi connectivity index (χ0v) is 9.23. The third-order valence-corrected chi connectivity index (χ3v) is 2.12. The second-order valence-electron chi connectivity index (χ2n) is 3.17. The summed E-state index contributed by atoms with van der Waals surface area (Å²) in [7, 11) is 2.42. The molecular weight excluding hydrogens is 212 g/mol. The monoisotopic (exact) mass is 224 g/mol. The van der Waals surface area contributed by atoms with Crippen molar-refractivity contribution in [3.63, 3.8) is 0 Å². The van der Waals surface area contributed by atoms with Crippen molar-refractivity contribution >= 4 is 11.9 Å². The molecule has 5 nitrogen and oxygen atoms in total. The molecule has 0 aliphatic rings. The summed E-state index contributed by atoms with van der Waals surface area (Å²) in [6.07, 6.45) is 0. The molecule has 0 aliphatic carbocycles. The van der Waals surface area contributed by atoms with Crippen molar-refractivity contribution in [1.82, 2.24) is 0 Å². The van der Waals surface area contributed by atoms with Crippen molar-refractivity contribution < 1.29 is 24.2 Å². The maximum atomic E-state index is 11.5. The van der Waals surface area contributed by atoms with E-state index in [1.807, 2.05) is 0 Å². The summed E-state index contributed by atoms with van der Waals surface area (Å²) in [6, 6.07) is 2.55. The summed E-state index contributed by atoms with van der Waals surface area (Å²) < 4.78 is 9.09. The van der Waals surface area contributed by atoms with E-state index in [4.69, 9.17) is 0 Å². The standard InChI is InChI=1S/C11H12O5/c1-6-4-7(12)5-8(10(13)15-2)9(6)11(14)16-3/h4-5,12H,1-3H3. The lowest BCUT2D eigenvalue weighted by Gasteiger charge is -2.09. The SMILES string of the molecule is COC(=O)c1cc(O)cc(C)c1C(=O)OC. The molecule has 0 radical (unpaired) electrons. The summed E-state index contributed by atoms with van der Waals surface area (Å²) in [5, 5.41) is 9.36. The predicted octanol–water partition coefficient (Wildman–Crippen LogP) is 1.27. The average molecular weight is 224 g/mol. The first kappa shape index (κ1) is 12.0. The van der Waals surface area contributed by atoms with Crippen LogP contribution in [-0.2, 0) is 9.47 Å². The van der Waals surface area contributed by atoms with Gasteiger partial charge in [0.05, 0.1) is 25.3 Å². The van der Waals surface area contributed by atoms with Gasteiger partial charge in [-0.1, -0.05) is 0 Å². The van der Waals surface area contributed by atoms with Crippen LogP contribution in [0, 0.1) is 6.92 Å². The molecule has 5 heteroatoms. The number of carbonyl (C=O) groups excluding carboxylic acids is 2. The summed E-state index contributed by atoms with van der Waals surface area (Å²) in [6.45, 7) is 1.60. The maximum absolute atomic E-state index is 11.5. The first-order valence-electron chi connectivity index (χ1n) is 4.51. The lowest BCUT2D eigenvalue weighted by atomic mass is 10.0. The van der Waals surface area contributed by atoms with Gasteiger partial charge in [-0.05, 0) is 24.6 Å². The van der Waals surface area contributed by atoms with Crippen LogP contribution in [0.25, 0.3) is 0 Å². The molecule has 0 aromatic heterocycles. The second kappa shape index (κ2) is 4.65. The summed E-state index contributed by atoms with van der Waals surface area (Å²) >= 11 is 0. The number of rotatable bonds is 2. The number of methoxy groups -OCH3 is 2. The highest BCUT2D eigenvalue weighted by Gasteiger charge is 2.21. The Labute approximate surface area is 92.6 Å². The Morgan fingerprint density at radius 2 is 1.69 bits per heavy atom. The molecule has 0 atom stereocenters. The number of phenolic OH excluding ortho intramolecular Hbond substituents is 1. The van der Waals surface area contributed by atoms with Crippen molar-refractivity contribution in [2.24, 2.45) is 0 Å². The fourth-order valence-electron chi connectivity index (χ4n) is 1.41. The topological polar surface area (TPSA) is 72.8 Å².